The molecule has 9 aromatic rings. The quantitative estimate of drug-likeness (QED) is 0.172. The van der Waals surface area contributed by atoms with Gasteiger partial charge in [-0.15, -0.1) is 0 Å². The molecular formula is C54H42N2. The van der Waals surface area contributed by atoms with Crippen molar-refractivity contribution in [3.63, 3.8) is 0 Å². The Bertz CT molecular complexity index is 2980. The third-order valence-electron chi connectivity index (χ3n) is 12.8. The standard InChI is InChI=1S/C54H42N2/c1-53(2)44-25-13-8-21-39(44)40-31-30-36(32-46(40)53)55(48-27-15-10-20-38(48)35-18-6-5-7-19-35)37-33-47-52(43-24-9-14-26-45(43)54(47,3)4)51(34-37)56-49-28-16-11-22-41(49)42-23-12-17-29-50(42)56/h5-34H,1-4H3. The van der Waals surface area contributed by atoms with E-state index in [4.69, 9.17) is 0 Å². The maximum absolute atomic E-state index is 2.53. The van der Waals surface area contributed by atoms with Crippen molar-refractivity contribution >= 4 is 38.9 Å². The van der Waals surface area contributed by atoms with Crippen molar-refractivity contribution in [2.45, 2.75) is 38.5 Å². The lowest BCUT2D eigenvalue weighted by atomic mass is 9.82. The molecule has 0 unspecified atom stereocenters. The normalized spacial score (nSPS) is 14.4. The molecule has 0 saturated heterocycles. The fourth-order valence-electron chi connectivity index (χ4n) is 10.1. The molecule has 0 radical (unpaired) electrons. The first kappa shape index (κ1) is 32.8. The minimum atomic E-state index is -0.221. The van der Waals surface area contributed by atoms with Crippen LogP contribution in [0.2, 0.25) is 0 Å². The maximum atomic E-state index is 2.53. The molecule has 0 aliphatic heterocycles. The summed E-state index contributed by atoms with van der Waals surface area (Å²) in [4.78, 5) is 2.53. The van der Waals surface area contributed by atoms with Crippen LogP contribution in [0.3, 0.4) is 0 Å². The molecule has 0 saturated carbocycles. The van der Waals surface area contributed by atoms with Crippen molar-refractivity contribution in [1.82, 2.24) is 4.57 Å². The maximum Gasteiger partial charge on any atom is 0.0564 e. The van der Waals surface area contributed by atoms with E-state index < -0.39 is 0 Å². The number of benzene rings is 8. The van der Waals surface area contributed by atoms with Gasteiger partial charge >= 0.3 is 0 Å². The number of fused-ring (bicyclic) bond motifs is 9. The Kier molecular flexibility index (Phi) is 6.98. The van der Waals surface area contributed by atoms with Gasteiger partial charge < -0.3 is 9.47 Å². The minimum absolute atomic E-state index is 0.137. The molecule has 0 spiro atoms. The smallest absolute Gasteiger partial charge is 0.0564 e. The van der Waals surface area contributed by atoms with Gasteiger partial charge in [-0.1, -0.05) is 167 Å². The van der Waals surface area contributed by atoms with Gasteiger partial charge in [-0.05, 0) is 87.0 Å². The van der Waals surface area contributed by atoms with Gasteiger partial charge in [0.25, 0.3) is 0 Å². The highest BCUT2D eigenvalue weighted by atomic mass is 15.1. The van der Waals surface area contributed by atoms with Gasteiger partial charge in [0, 0.05) is 44.1 Å². The van der Waals surface area contributed by atoms with E-state index in [2.05, 4.69) is 219 Å². The number of aromatic nitrogens is 1. The van der Waals surface area contributed by atoms with Crippen LogP contribution in [-0.4, -0.2) is 4.57 Å². The number of anilines is 3. The lowest BCUT2D eigenvalue weighted by Crippen LogP contribution is -2.19. The highest BCUT2D eigenvalue weighted by molar-refractivity contribution is 6.10. The summed E-state index contributed by atoms with van der Waals surface area (Å²) in [5.74, 6) is 0. The first-order valence-electron chi connectivity index (χ1n) is 19.8. The molecule has 8 aromatic carbocycles. The molecule has 0 amide bonds. The first-order valence-corrected chi connectivity index (χ1v) is 19.8. The molecule has 1 heterocycles. The molecule has 0 N–H and O–H groups in total. The second kappa shape index (κ2) is 11.9. The number of rotatable bonds is 5. The molecular weight excluding hydrogens is 677 g/mol. The summed E-state index contributed by atoms with van der Waals surface area (Å²) in [6, 6.07) is 67.6. The van der Waals surface area contributed by atoms with Crippen LogP contribution in [0.15, 0.2) is 182 Å². The zero-order valence-corrected chi connectivity index (χ0v) is 32.2. The number of hydrogen-bond donors (Lipinski definition) is 0. The Balaban J connectivity index is 1.25. The summed E-state index contributed by atoms with van der Waals surface area (Å²) in [6.45, 7) is 9.54. The number of para-hydroxylation sites is 3. The zero-order chi connectivity index (χ0) is 37.8. The van der Waals surface area contributed by atoms with E-state index in [0.717, 1.165) is 17.1 Å². The van der Waals surface area contributed by atoms with Gasteiger partial charge in [0.1, 0.15) is 0 Å². The molecule has 0 atom stereocenters. The second-order valence-corrected chi connectivity index (χ2v) is 16.5. The van der Waals surface area contributed by atoms with Crippen LogP contribution in [0.4, 0.5) is 17.1 Å². The Morgan fingerprint density at radius 2 is 0.911 bits per heavy atom. The van der Waals surface area contributed by atoms with Gasteiger partial charge in [0.05, 0.1) is 22.4 Å². The van der Waals surface area contributed by atoms with E-state index in [1.54, 1.807) is 0 Å². The van der Waals surface area contributed by atoms with E-state index >= 15 is 0 Å². The van der Waals surface area contributed by atoms with Crippen molar-refractivity contribution in [1.29, 1.82) is 0 Å². The summed E-state index contributed by atoms with van der Waals surface area (Å²) in [5, 5.41) is 2.53. The Morgan fingerprint density at radius 1 is 0.393 bits per heavy atom. The summed E-state index contributed by atoms with van der Waals surface area (Å²) < 4.78 is 2.52. The topological polar surface area (TPSA) is 8.17 Å². The summed E-state index contributed by atoms with van der Waals surface area (Å²) in [7, 11) is 0. The molecule has 2 aliphatic rings. The molecule has 56 heavy (non-hydrogen) atoms. The molecule has 0 bridgehead atoms. The Labute approximate surface area is 328 Å². The van der Waals surface area contributed by atoms with Gasteiger partial charge in [-0.3, -0.25) is 0 Å². The minimum Gasteiger partial charge on any atom is -0.310 e. The van der Waals surface area contributed by atoms with Crippen LogP contribution in [0.25, 0.3) is 60.9 Å². The third kappa shape index (κ3) is 4.56. The van der Waals surface area contributed by atoms with Crippen LogP contribution in [-0.2, 0) is 10.8 Å². The summed E-state index contributed by atoms with van der Waals surface area (Å²) in [5.41, 5.74) is 19.8. The molecule has 2 nitrogen and oxygen atoms in total. The van der Waals surface area contributed by atoms with Crippen LogP contribution in [0.1, 0.15) is 49.9 Å². The first-order chi connectivity index (χ1) is 27.3. The molecule has 2 aliphatic carbocycles. The van der Waals surface area contributed by atoms with Crippen molar-refractivity contribution < 1.29 is 0 Å². The van der Waals surface area contributed by atoms with Crippen molar-refractivity contribution in [3.8, 4) is 39.1 Å². The highest BCUT2D eigenvalue weighted by Gasteiger charge is 2.40. The van der Waals surface area contributed by atoms with Gasteiger partial charge in [0.2, 0.25) is 0 Å². The van der Waals surface area contributed by atoms with E-state index in [0.29, 0.717) is 0 Å². The molecule has 1 aromatic heterocycles. The number of nitrogens with zero attached hydrogens (tertiary/aromatic N) is 2. The Hall–Kier alpha value is -6.64. The lowest BCUT2D eigenvalue weighted by Gasteiger charge is -2.32. The Morgan fingerprint density at radius 3 is 1.62 bits per heavy atom. The predicted molar refractivity (Wildman–Crippen MR) is 236 cm³/mol. The molecule has 11 rings (SSSR count). The fraction of sp³-hybridized carbons (Fsp3) is 0.111. The fourth-order valence-corrected chi connectivity index (χ4v) is 10.1. The number of hydrogen-bond acceptors (Lipinski definition) is 1. The van der Waals surface area contributed by atoms with E-state index in [-0.39, 0.29) is 10.8 Å². The molecule has 0 fully saturated rings. The van der Waals surface area contributed by atoms with E-state index in [1.807, 2.05) is 0 Å². The van der Waals surface area contributed by atoms with Gasteiger partial charge in [0.15, 0.2) is 0 Å². The average molecular weight is 719 g/mol. The molecule has 2 heteroatoms. The van der Waals surface area contributed by atoms with Crippen molar-refractivity contribution in [2.75, 3.05) is 4.90 Å². The summed E-state index contributed by atoms with van der Waals surface area (Å²) >= 11 is 0. The van der Waals surface area contributed by atoms with Gasteiger partial charge in [-0.25, -0.2) is 0 Å². The van der Waals surface area contributed by atoms with Crippen LogP contribution < -0.4 is 4.90 Å². The van der Waals surface area contributed by atoms with Crippen molar-refractivity contribution in [3.05, 3.63) is 204 Å². The monoisotopic (exact) mass is 718 g/mol. The molecule has 268 valence electrons. The largest absolute Gasteiger partial charge is 0.310 e. The third-order valence-corrected chi connectivity index (χ3v) is 12.8. The van der Waals surface area contributed by atoms with E-state index in [1.165, 1.54) is 83.1 Å². The average Bonchev–Trinajstić information content (AvgIpc) is 3.78. The van der Waals surface area contributed by atoms with Crippen LogP contribution in [0.5, 0.6) is 0 Å². The summed E-state index contributed by atoms with van der Waals surface area (Å²) in [6.07, 6.45) is 0. The predicted octanol–water partition coefficient (Wildman–Crippen LogP) is 14.5. The zero-order valence-electron chi connectivity index (χ0n) is 32.2. The van der Waals surface area contributed by atoms with E-state index in [9.17, 15) is 0 Å². The highest BCUT2D eigenvalue weighted by Crippen LogP contribution is 2.56. The van der Waals surface area contributed by atoms with Crippen LogP contribution >= 0.6 is 0 Å². The SMILES string of the molecule is CC1(C)c2ccccc2-c2ccc(N(c3cc(-n4c5ccccc5c5ccccc54)c4c(c3)C(C)(C)c3ccccc3-4)c3ccccc3-c3ccccc3)cc21. The lowest BCUT2D eigenvalue weighted by molar-refractivity contribution is 0.660. The van der Waals surface area contributed by atoms with Crippen LogP contribution in [0, 0.1) is 0 Å². The second-order valence-electron chi connectivity index (χ2n) is 16.5. The van der Waals surface area contributed by atoms with Gasteiger partial charge in [-0.2, -0.15) is 0 Å². The van der Waals surface area contributed by atoms with Crippen molar-refractivity contribution in [2.24, 2.45) is 0 Å².